The van der Waals surface area contributed by atoms with E-state index in [2.05, 4.69) is 5.32 Å². The summed E-state index contributed by atoms with van der Waals surface area (Å²) in [6.07, 6.45) is 1.78. The molecule has 1 aliphatic heterocycles. The molecule has 0 saturated heterocycles. The van der Waals surface area contributed by atoms with E-state index in [-0.39, 0.29) is 18.3 Å². The van der Waals surface area contributed by atoms with Gasteiger partial charge < -0.3 is 14.8 Å². The van der Waals surface area contributed by atoms with Crippen LogP contribution in [0.25, 0.3) is 6.08 Å². The summed E-state index contributed by atoms with van der Waals surface area (Å²) in [5.41, 5.74) is 1.75. The van der Waals surface area contributed by atoms with E-state index in [1.807, 2.05) is 24.3 Å². The minimum atomic E-state index is -0.427. The van der Waals surface area contributed by atoms with Crippen molar-refractivity contribution in [3.05, 3.63) is 59.4 Å². The Morgan fingerprint density at radius 2 is 2.09 bits per heavy atom. The first-order chi connectivity index (χ1) is 10.7. The molecule has 112 valence electrons. The number of anilines is 1. The summed E-state index contributed by atoms with van der Waals surface area (Å²) < 4.78 is 23.8. The maximum atomic E-state index is 13.2. The quantitative estimate of drug-likeness (QED) is 0.946. The van der Waals surface area contributed by atoms with Gasteiger partial charge in [-0.2, -0.15) is 0 Å². The average Bonchev–Trinajstić information content (AvgIpc) is 2.55. The Balaban J connectivity index is 1.83. The van der Waals surface area contributed by atoms with Gasteiger partial charge in [0.25, 0.3) is 5.91 Å². The number of methoxy groups -OCH3 is 1. The van der Waals surface area contributed by atoms with Gasteiger partial charge in [0.05, 0.1) is 18.4 Å². The van der Waals surface area contributed by atoms with E-state index >= 15 is 0 Å². The van der Waals surface area contributed by atoms with Crippen LogP contribution in [0.4, 0.5) is 10.1 Å². The van der Waals surface area contributed by atoms with Gasteiger partial charge in [0.15, 0.2) is 0 Å². The number of ether oxygens (including phenoxy) is 2. The summed E-state index contributed by atoms with van der Waals surface area (Å²) in [6, 6.07) is 11.4. The lowest BCUT2D eigenvalue weighted by Crippen LogP contribution is -2.21. The molecule has 0 bridgehead atoms. The fraction of sp³-hybridized carbons (Fsp3) is 0.118. The summed E-state index contributed by atoms with van der Waals surface area (Å²) in [7, 11) is 1.42. The summed E-state index contributed by atoms with van der Waals surface area (Å²) in [5, 5.41) is 2.71. The van der Waals surface area contributed by atoms with Crippen molar-refractivity contribution in [2.75, 3.05) is 19.0 Å². The number of para-hydroxylation sites is 1. The van der Waals surface area contributed by atoms with Crippen LogP contribution in [-0.2, 0) is 4.79 Å². The Kier molecular flexibility index (Phi) is 3.78. The number of rotatable bonds is 3. The van der Waals surface area contributed by atoms with Crippen LogP contribution in [-0.4, -0.2) is 19.6 Å². The fourth-order valence-electron chi connectivity index (χ4n) is 2.22. The summed E-state index contributed by atoms with van der Waals surface area (Å²) in [5.74, 6) is 0.285. The predicted octanol–water partition coefficient (Wildman–Crippen LogP) is 3.25. The smallest absolute Gasteiger partial charge is 0.255 e. The molecule has 0 aliphatic carbocycles. The molecule has 2 aromatic rings. The summed E-state index contributed by atoms with van der Waals surface area (Å²) >= 11 is 0. The second-order valence-electron chi connectivity index (χ2n) is 4.79. The third kappa shape index (κ3) is 2.79. The second-order valence-corrected chi connectivity index (χ2v) is 4.79. The molecule has 0 saturated carbocycles. The topological polar surface area (TPSA) is 47.6 Å². The predicted molar refractivity (Wildman–Crippen MR) is 81.5 cm³/mol. The van der Waals surface area contributed by atoms with Crippen molar-refractivity contribution in [3.8, 4) is 11.5 Å². The van der Waals surface area contributed by atoms with E-state index in [1.165, 1.54) is 25.3 Å². The molecule has 1 N–H and O–H groups in total. The van der Waals surface area contributed by atoms with Crippen LogP contribution in [0, 0.1) is 5.82 Å². The standard InChI is InChI=1S/C17H14FNO3/c1-21-16-9-13(18)6-7-14(16)19-17(20)12-8-11-4-2-3-5-15(11)22-10-12/h2-9H,10H2,1H3,(H,19,20). The van der Waals surface area contributed by atoms with Gasteiger partial charge in [-0.1, -0.05) is 18.2 Å². The highest BCUT2D eigenvalue weighted by atomic mass is 19.1. The minimum absolute atomic E-state index is 0.187. The van der Waals surface area contributed by atoms with Crippen LogP contribution in [0.3, 0.4) is 0 Å². The number of fused-ring (bicyclic) bond motifs is 1. The van der Waals surface area contributed by atoms with E-state index in [4.69, 9.17) is 9.47 Å². The highest BCUT2D eigenvalue weighted by Gasteiger charge is 2.18. The van der Waals surface area contributed by atoms with Crippen molar-refractivity contribution in [1.82, 2.24) is 0 Å². The van der Waals surface area contributed by atoms with Gasteiger partial charge in [-0.25, -0.2) is 4.39 Å². The number of carbonyl (C=O) groups is 1. The fourth-order valence-corrected chi connectivity index (χ4v) is 2.22. The third-order valence-corrected chi connectivity index (χ3v) is 3.34. The summed E-state index contributed by atoms with van der Waals surface area (Å²) in [4.78, 5) is 12.3. The molecule has 3 rings (SSSR count). The van der Waals surface area contributed by atoms with Crippen LogP contribution < -0.4 is 14.8 Å². The summed E-state index contributed by atoms with van der Waals surface area (Å²) in [6.45, 7) is 0.187. The molecule has 0 unspecified atom stereocenters. The van der Waals surface area contributed by atoms with Crippen LogP contribution in [0.2, 0.25) is 0 Å². The molecule has 0 radical (unpaired) electrons. The van der Waals surface area contributed by atoms with E-state index in [0.717, 1.165) is 11.3 Å². The number of halogens is 1. The molecule has 1 amide bonds. The first kappa shape index (κ1) is 14.1. The lowest BCUT2D eigenvalue weighted by molar-refractivity contribution is -0.113. The number of carbonyl (C=O) groups excluding carboxylic acids is 1. The highest BCUT2D eigenvalue weighted by Crippen LogP contribution is 2.28. The van der Waals surface area contributed by atoms with Gasteiger partial charge in [-0.05, 0) is 24.3 Å². The Morgan fingerprint density at radius 3 is 2.91 bits per heavy atom. The van der Waals surface area contributed by atoms with Crippen LogP contribution in [0.5, 0.6) is 11.5 Å². The van der Waals surface area contributed by atoms with E-state index in [1.54, 1.807) is 6.08 Å². The molecule has 2 aromatic carbocycles. The molecule has 1 heterocycles. The van der Waals surface area contributed by atoms with E-state index in [0.29, 0.717) is 11.3 Å². The van der Waals surface area contributed by atoms with Gasteiger partial charge in [-0.15, -0.1) is 0 Å². The number of amides is 1. The molecule has 0 atom stereocenters. The largest absolute Gasteiger partial charge is 0.494 e. The van der Waals surface area contributed by atoms with Gasteiger partial charge in [-0.3, -0.25) is 4.79 Å². The molecular weight excluding hydrogens is 285 g/mol. The Hall–Kier alpha value is -2.82. The third-order valence-electron chi connectivity index (χ3n) is 3.34. The van der Waals surface area contributed by atoms with Crippen molar-refractivity contribution < 1.29 is 18.7 Å². The molecule has 22 heavy (non-hydrogen) atoms. The van der Waals surface area contributed by atoms with Crippen LogP contribution in [0.15, 0.2) is 48.0 Å². The van der Waals surface area contributed by atoms with Crippen molar-refractivity contribution in [2.45, 2.75) is 0 Å². The Morgan fingerprint density at radius 1 is 1.27 bits per heavy atom. The second kappa shape index (κ2) is 5.89. The Bertz CT molecular complexity index is 755. The van der Waals surface area contributed by atoms with Crippen LogP contribution in [0.1, 0.15) is 5.56 Å². The lowest BCUT2D eigenvalue weighted by Gasteiger charge is -2.18. The first-order valence-corrected chi connectivity index (χ1v) is 6.74. The average molecular weight is 299 g/mol. The number of nitrogens with one attached hydrogen (secondary N) is 1. The first-order valence-electron chi connectivity index (χ1n) is 6.74. The molecule has 4 nitrogen and oxygen atoms in total. The number of benzene rings is 2. The highest BCUT2D eigenvalue weighted by molar-refractivity contribution is 6.08. The zero-order valence-electron chi connectivity index (χ0n) is 11.9. The van der Waals surface area contributed by atoms with Gasteiger partial charge >= 0.3 is 0 Å². The van der Waals surface area contributed by atoms with Crippen molar-refractivity contribution >= 4 is 17.7 Å². The molecular formula is C17H14FNO3. The van der Waals surface area contributed by atoms with Gasteiger partial charge in [0.1, 0.15) is 23.9 Å². The molecule has 1 aliphatic rings. The minimum Gasteiger partial charge on any atom is -0.494 e. The zero-order chi connectivity index (χ0) is 15.5. The zero-order valence-corrected chi connectivity index (χ0v) is 11.9. The Labute approximate surface area is 127 Å². The maximum Gasteiger partial charge on any atom is 0.255 e. The molecule has 5 heteroatoms. The van der Waals surface area contributed by atoms with Crippen molar-refractivity contribution in [2.24, 2.45) is 0 Å². The lowest BCUT2D eigenvalue weighted by atomic mass is 10.1. The SMILES string of the molecule is COc1cc(F)ccc1NC(=O)C1=Cc2ccccc2OC1. The monoisotopic (exact) mass is 299 g/mol. The number of hydrogen-bond donors (Lipinski definition) is 1. The normalized spacial score (nSPS) is 12.7. The van der Waals surface area contributed by atoms with Gasteiger partial charge in [0.2, 0.25) is 0 Å². The van der Waals surface area contributed by atoms with Crippen LogP contribution >= 0.6 is 0 Å². The molecule has 0 spiro atoms. The van der Waals surface area contributed by atoms with Gasteiger partial charge in [0, 0.05) is 11.6 Å². The molecule has 0 aromatic heterocycles. The maximum absolute atomic E-state index is 13.2. The van der Waals surface area contributed by atoms with E-state index in [9.17, 15) is 9.18 Å². The van der Waals surface area contributed by atoms with E-state index < -0.39 is 5.82 Å². The van der Waals surface area contributed by atoms with Crippen molar-refractivity contribution in [3.63, 3.8) is 0 Å². The molecule has 0 fully saturated rings. The number of hydrogen-bond acceptors (Lipinski definition) is 3. The van der Waals surface area contributed by atoms with Crippen molar-refractivity contribution in [1.29, 1.82) is 0 Å².